The molecule has 0 radical (unpaired) electrons. The first-order valence-corrected chi connectivity index (χ1v) is 8.11. The zero-order valence-corrected chi connectivity index (χ0v) is 13.0. The molecular weight excluding hydrogens is 264 g/mol. The molecule has 0 aliphatic carbocycles. The molecule has 20 heavy (non-hydrogen) atoms. The number of pyridine rings is 1. The van der Waals surface area contributed by atoms with Crippen molar-refractivity contribution in [3.63, 3.8) is 0 Å². The molecule has 2 aromatic rings. The minimum absolute atomic E-state index is 0.355. The molecule has 0 fully saturated rings. The van der Waals surface area contributed by atoms with Crippen LogP contribution >= 0.6 is 11.8 Å². The van der Waals surface area contributed by atoms with E-state index >= 15 is 0 Å². The molecule has 1 atom stereocenters. The molecule has 0 saturated heterocycles. The van der Waals surface area contributed by atoms with Crippen LogP contribution in [-0.2, 0) is 0 Å². The monoisotopic (exact) mass is 286 g/mol. The minimum Gasteiger partial charge on any atom is -0.309 e. The van der Waals surface area contributed by atoms with Gasteiger partial charge in [-0.2, -0.15) is 0 Å². The molecule has 0 bridgehead atoms. The second kappa shape index (κ2) is 8.08. The Morgan fingerprint density at radius 3 is 2.70 bits per heavy atom. The molecule has 1 N–H and O–H groups in total. The molecule has 0 aliphatic heterocycles. The number of aromatic nitrogens is 1. The highest BCUT2D eigenvalue weighted by Crippen LogP contribution is 2.25. The van der Waals surface area contributed by atoms with Crippen LogP contribution in [0.5, 0.6) is 0 Å². The molecule has 1 unspecified atom stereocenters. The SMILES string of the molecule is CCCNC(CSc1ccccc1)c1cnccc1C. The third kappa shape index (κ3) is 4.36. The fraction of sp³-hybridized carbons (Fsp3) is 0.353. The van der Waals surface area contributed by atoms with Crippen LogP contribution in [0.25, 0.3) is 0 Å². The zero-order valence-electron chi connectivity index (χ0n) is 12.2. The van der Waals surface area contributed by atoms with Crippen molar-refractivity contribution in [3.8, 4) is 0 Å². The third-order valence-electron chi connectivity index (χ3n) is 3.26. The number of nitrogens with one attached hydrogen (secondary N) is 1. The predicted octanol–water partition coefficient (Wildman–Crippen LogP) is 4.22. The van der Waals surface area contributed by atoms with Crippen LogP contribution in [0, 0.1) is 6.92 Å². The van der Waals surface area contributed by atoms with Crippen molar-refractivity contribution in [2.24, 2.45) is 0 Å². The van der Waals surface area contributed by atoms with Crippen LogP contribution < -0.4 is 5.32 Å². The van der Waals surface area contributed by atoms with Gasteiger partial charge in [0.2, 0.25) is 0 Å². The summed E-state index contributed by atoms with van der Waals surface area (Å²) in [5.74, 6) is 1.02. The number of nitrogens with zero attached hydrogens (tertiary/aromatic N) is 1. The van der Waals surface area contributed by atoms with Crippen molar-refractivity contribution < 1.29 is 0 Å². The van der Waals surface area contributed by atoms with Crippen molar-refractivity contribution in [2.45, 2.75) is 31.2 Å². The lowest BCUT2D eigenvalue weighted by Gasteiger charge is -2.20. The highest BCUT2D eigenvalue weighted by molar-refractivity contribution is 7.99. The van der Waals surface area contributed by atoms with Crippen LogP contribution in [0.3, 0.4) is 0 Å². The maximum atomic E-state index is 4.28. The standard InChI is InChI=1S/C17H22N2S/c1-3-10-19-17(16-12-18-11-9-14(16)2)13-20-15-7-5-4-6-8-15/h4-9,11-12,17,19H,3,10,13H2,1-2H3. The summed E-state index contributed by atoms with van der Waals surface area (Å²) in [6, 6.07) is 13.0. The van der Waals surface area contributed by atoms with E-state index in [0.717, 1.165) is 18.7 Å². The first kappa shape index (κ1) is 15.1. The van der Waals surface area contributed by atoms with Crippen molar-refractivity contribution in [2.75, 3.05) is 12.3 Å². The Kier molecular flexibility index (Phi) is 6.09. The number of rotatable bonds is 7. The summed E-state index contributed by atoms with van der Waals surface area (Å²) in [5, 5.41) is 3.64. The quantitative estimate of drug-likeness (QED) is 0.771. The van der Waals surface area contributed by atoms with Crippen molar-refractivity contribution in [1.82, 2.24) is 10.3 Å². The molecule has 1 aromatic heterocycles. The zero-order chi connectivity index (χ0) is 14.2. The number of thioether (sulfide) groups is 1. The number of benzene rings is 1. The van der Waals surface area contributed by atoms with E-state index in [4.69, 9.17) is 0 Å². The second-order valence-electron chi connectivity index (χ2n) is 4.86. The molecule has 0 saturated carbocycles. The lowest BCUT2D eigenvalue weighted by Crippen LogP contribution is -2.25. The number of hydrogen-bond donors (Lipinski definition) is 1. The third-order valence-corrected chi connectivity index (χ3v) is 4.36. The fourth-order valence-corrected chi connectivity index (χ4v) is 3.12. The number of hydrogen-bond acceptors (Lipinski definition) is 3. The van der Waals surface area contributed by atoms with Gasteiger partial charge in [0, 0.05) is 29.1 Å². The highest BCUT2D eigenvalue weighted by atomic mass is 32.2. The van der Waals surface area contributed by atoms with E-state index in [1.165, 1.54) is 16.0 Å². The van der Waals surface area contributed by atoms with Gasteiger partial charge in [-0.25, -0.2) is 0 Å². The molecule has 2 rings (SSSR count). The Morgan fingerprint density at radius 2 is 2.00 bits per heavy atom. The molecule has 0 amide bonds. The largest absolute Gasteiger partial charge is 0.309 e. The maximum Gasteiger partial charge on any atom is 0.0433 e. The Hall–Kier alpha value is -1.32. The molecule has 3 heteroatoms. The van der Waals surface area contributed by atoms with Gasteiger partial charge in [-0.1, -0.05) is 25.1 Å². The van der Waals surface area contributed by atoms with Gasteiger partial charge >= 0.3 is 0 Å². The summed E-state index contributed by atoms with van der Waals surface area (Å²) in [6.07, 6.45) is 5.00. The van der Waals surface area contributed by atoms with Crippen LogP contribution in [0.4, 0.5) is 0 Å². The van der Waals surface area contributed by atoms with E-state index in [1.807, 2.05) is 24.2 Å². The summed E-state index contributed by atoms with van der Waals surface area (Å²) in [7, 11) is 0. The van der Waals surface area contributed by atoms with E-state index in [2.05, 4.69) is 60.5 Å². The molecule has 1 heterocycles. The Morgan fingerprint density at radius 1 is 1.20 bits per heavy atom. The minimum atomic E-state index is 0.355. The van der Waals surface area contributed by atoms with E-state index in [-0.39, 0.29) is 0 Å². The molecule has 2 nitrogen and oxygen atoms in total. The van der Waals surface area contributed by atoms with E-state index < -0.39 is 0 Å². The first-order valence-electron chi connectivity index (χ1n) is 7.13. The van der Waals surface area contributed by atoms with Crippen molar-refractivity contribution in [1.29, 1.82) is 0 Å². The molecular formula is C17H22N2S. The van der Waals surface area contributed by atoms with E-state index in [9.17, 15) is 0 Å². The van der Waals surface area contributed by atoms with Crippen LogP contribution in [0.1, 0.15) is 30.5 Å². The van der Waals surface area contributed by atoms with E-state index in [1.54, 1.807) is 0 Å². The van der Waals surface area contributed by atoms with Gasteiger partial charge in [-0.15, -0.1) is 11.8 Å². The van der Waals surface area contributed by atoms with Gasteiger partial charge in [-0.3, -0.25) is 4.98 Å². The second-order valence-corrected chi connectivity index (χ2v) is 5.96. The lowest BCUT2D eigenvalue weighted by molar-refractivity contribution is 0.573. The van der Waals surface area contributed by atoms with Gasteiger partial charge in [-0.05, 0) is 49.2 Å². The lowest BCUT2D eigenvalue weighted by atomic mass is 10.1. The Balaban J connectivity index is 2.06. The molecule has 0 aliphatic rings. The van der Waals surface area contributed by atoms with Gasteiger partial charge in [0.15, 0.2) is 0 Å². The summed E-state index contributed by atoms with van der Waals surface area (Å²) >= 11 is 1.89. The average molecular weight is 286 g/mol. The van der Waals surface area contributed by atoms with Crippen molar-refractivity contribution >= 4 is 11.8 Å². The smallest absolute Gasteiger partial charge is 0.0433 e. The molecule has 1 aromatic carbocycles. The van der Waals surface area contributed by atoms with Gasteiger partial charge < -0.3 is 5.32 Å². The summed E-state index contributed by atoms with van der Waals surface area (Å²) < 4.78 is 0. The molecule has 106 valence electrons. The summed E-state index contributed by atoms with van der Waals surface area (Å²) in [4.78, 5) is 5.60. The topological polar surface area (TPSA) is 24.9 Å². The van der Waals surface area contributed by atoms with Crippen LogP contribution in [0.15, 0.2) is 53.7 Å². The summed E-state index contributed by atoms with van der Waals surface area (Å²) in [5.41, 5.74) is 2.62. The first-order chi connectivity index (χ1) is 9.81. The van der Waals surface area contributed by atoms with Crippen molar-refractivity contribution in [3.05, 3.63) is 59.9 Å². The molecule has 0 spiro atoms. The number of aryl methyl sites for hydroxylation is 1. The summed E-state index contributed by atoms with van der Waals surface area (Å²) in [6.45, 7) is 5.39. The fourth-order valence-electron chi connectivity index (χ4n) is 2.11. The van der Waals surface area contributed by atoms with Gasteiger partial charge in [0.1, 0.15) is 0 Å². The Labute approximate surface area is 126 Å². The average Bonchev–Trinajstić information content (AvgIpc) is 2.49. The maximum absolute atomic E-state index is 4.28. The van der Waals surface area contributed by atoms with E-state index in [0.29, 0.717) is 6.04 Å². The van der Waals surface area contributed by atoms with Crippen LogP contribution in [0.2, 0.25) is 0 Å². The predicted molar refractivity (Wildman–Crippen MR) is 87.2 cm³/mol. The van der Waals surface area contributed by atoms with Gasteiger partial charge in [0.05, 0.1) is 0 Å². The Bertz CT molecular complexity index is 513. The van der Waals surface area contributed by atoms with Crippen LogP contribution in [-0.4, -0.2) is 17.3 Å². The normalized spacial score (nSPS) is 12.3. The highest BCUT2D eigenvalue weighted by Gasteiger charge is 2.13. The van der Waals surface area contributed by atoms with Gasteiger partial charge in [0.25, 0.3) is 0 Å².